The van der Waals surface area contributed by atoms with Gasteiger partial charge in [-0.3, -0.25) is 4.79 Å². The third-order valence-corrected chi connectivity index (χ3v) is 3.59. The number of hydrogen-bond donors (Lipinski definition) is 2. The Hall–Kier alpha value is -2.53. The molecule has 0 spiro atoms. The minimum atomic E-state index is -0.152. The van der Waals surface area contributed by atoms with Crippen LogP contribution in [0.15, 0.2) is 48.5 Å². The Labute approximate surface area is 143 Å². The third-order valence-electron chi connectivity index (χ3n) is 3.59. The maximum Gasteiger partial charge on any atom is 0.255 e. The van der Waals surface area contributed by atoms with Gasteiger partial charge in [-0.05, 0) is 69.5 Å². The van der Waals surface area contributed by atoms with Gasteiger partial charge in [0.1, 0.15) is 5.75 Å². The molecule has 0 fully saturated rings. The van der Waals surface area contributed by atoms with Gasteiger partial charge in [-0.1, -0.05) is 6.07 Å². The van der Waals surface area contributed by atoms with E-state index in [4.69, 9.17) is 4.74 Å². The Morgan fingerprint density at radius 1 is 1.08 bits per heavy atom. The molecular formula is C19H25N3O2. The summed E-state index contributed by atoms with van der Waals surface area (Å²) >= 11 is 0. The summed E-state index contributed by atoms with van der Waals surface area (Å²) in [6.45, 7) is 1.98. The monoisotopic (exact) mass is 327 g/mol. The molecule has 0 aliphatic carbocycles. The number of ether oxygens (including phenoxy) is 1. The lowest BCUT2D eigenvalue weighted by molar-refractivity contribution is 0.102. The molecule has 2 aromatic rings. The number of rotatable bonds is 8. The lowest BCUT2D eigenvalue weighted by atomic mass is 10.2. The molecular weight excluding hydrogens is 302 g/mol. The zero-order chi connectivity index (χ0) is 17.4. The highest BCUT2D eigenvalue weighted by Crippen LogP contribution is 2.17. The molecule has 0 aliphatic heterocycles. The van der Waals surface area contributed by atoms with Crippen molar-refractivity contribution >= 4 is 17.3 Å². The molecule has 0 unspecified atom stereocenters. The van der Waals surface area contributed by atoms with Crippen LogP contribution >= 0.6 is 0 Å². The number of amides is 1. The average molecular weight is 327 g/mol. The summed E-state index contributed by atoms with van der Waals surface area (Å²) in [6.07, 6.45) is 1.08. The lowest BCUT2D eigenvalue weighted by Crippen LogP contribution is -2.16. The van der Waals surface area contributed by atoms with Crippen LogP contribution in [0.3, 0.4) is 0 Å². The second kappa shape index (κ2) is 8.93. The molecule has 5 heteroatoms. The van der Waals surface area contributed by atoms with E-state index in [1.54, 1.807) is 25.3 Å². The van der Waals surface area contributed by atoms with E-state index in [1.165, 1.54) is 0 Å². The molecule has 2 aromatic carbocycles. The smallest absolute Gasteiger partial charge is 0.255 e. The number of nitrogens with zero attached hydrogens (tertiary/aromatic N) is 1. The second-order valence-electron chi connectivity index (χ2n) is 5.85. The van der Waals surface area contributed by atoms with Gasteiger partial charge in [0.15, 0.2) is 0 Å². The van der Waals surface area contributed by atoms with Crippen molar-refractivity contribution in [2.24, 2.45) is 0 Å². The molecule has 0 radical (unpaired) electrons. The fourth-order valence-electron chi connectivity index (χ4n) is 2.27. The summed E-state index contributed by atoms with van der Waals surface area (Å²) in [5, 5.41) is 6.26. The Morgan fingerprint density at radius 3 is 2.46 bits per heavy atom. The van der Waals surface area contributed by atoms with Gasteiger partial charge < -0.3 is 20.3 Å². The Balaban J connectivity index is 1.87. The highest BCUT2D eigenvalue weighted by molar-refractivity contribution is 6.04. The highest BCUT2D eigenvalue weighted by atomic mass is 16.5. The lowest BCUT2D eigenvalue weighted by Gasteiger charge is -2.11. The van der Waals surface area contributed by atoms with Gasteiger partial charge in [-0.15, -0.1) is 0 Å². The van der Waals surface area contributed by atoms with Gasteiger partial charge in [-0.25, -0.2) is 0 Å². The SMILES string of the molecule is COc1cccc(C(=O)Nc2ccc(NCCCN(C)C)cc2)c1. The van der Waals surface area contributed by atoms with Crippen molar-refractivity contribution < 1.29 is 9.53 Å². The van der Waals surface area contributed by atoms with Gasteiger partial charge in [0.05, 0.1) is 7.11 Å². The van der Waals surface area contributed by atoms with Crippen molar-refractivity contribution in [2.75, 3.05) is 44.9 Å². The Bertz CT molecular complexity index is 654. The van der Waals surface area contributed by atoms with E-state index in [0.717, 1.165) is 30.9 Å². The molecule has 1 amide bonds. The summed E-state index contributed by atoms with van der Waals surface area (Å²) in [6, 6.07) is 14.8. The molecule has 0 atom stereocenters. The molecule has 0 heterocycles. The number of carbonyl (C=O) groups is 1. The maximum atomic E-state index is 12.3. The van der Waals surface area contributed by atoms with E-state index in [2.05, 4.69) is 29.6 Å². The Morgan fingerprint density at radius 2 is 1.79 bits per heavy atom. The zero-order valence-electron chi connectivity index (χ0n) is 14.5. The largest absolute Gasteiger partial charge is 0.497 e. The van der Waals surface area contributed by atoms with E-state index in [0.29, 0.717) is 11.3 Å². The summed E-state index contributed by atoms with van der Waals surface area (Å²) < 4.78 is 5.14. The summed E-state index contributed by atoms with van der Waals surface area (Å²) in [7, 11) is 5.72. The molecule has 0 bridgehead atoms. The van der Waals surface area contributed by atoms with Crippen LogP contribution < -0.4 is 15.4 Å². The van der Waals surface area contributed by atoms with Crippen LogP contribution in [-0.2, 0) is 0 Å². The number of nitrogens with one attached hydrogen (secondary N) is 2. The summed E-state index contributed by atoms with van der Waals surface area (Å²) in [5.41, 5.74) is 2.38. The molecule has 128 valence electrons. The normalized spacial score (nSPS) is 10.5. The van der Waals surface area contributed by atoms with Crippen LogP contribution in [0.4, 0.5) is 11.4 Å². The maximum absolute atomic E-state index is 12.3. The van der Waals surface area contributed by atoms with Crippen LogP contribution in [-0.4, -0.2) is 45.1 Å². The third kappa shape index (κ3) is 5.59. The van der Waals surface area contributed by atoms with E-state index in [9.17, 15) is 4.79 Å². The van der Waals surface area contributed by atoms with Crippen molar-refractivity contribution in [3.63, 3.8) is 0 Å². The van der Waals surface area contributed by atoms with Crippen LogP contribution in [0.25, 0.3) is 0 Å². The number of anilines is 2. The van der Waals surface area contributed by atoms with Crippen LogP contribution in [0, 0.1) is 0 Å². The first-order valence-electron chi connectivity index (χ1n) is 8.02. The summed E-state index contributed by atoms with van der Waals surface area (Å²) in [5.74, 6) is 0.514. The van der Waals surface area contributed by atoms with Gasteiger partial charge >= 0.3 is 0 Å². The molecule has 0 saturated carbocycles. The van der Waals surface area contributed by atoms with Crippen molar-refractivity contribution in [3.8, 4) is 5.75 Å². The molecule has 0 aromatic heterocycles. The summed E-state index contributed by atoms with van der Waals surface area (Å²) in [4.78, 5) is 14.4. The first-order chi connectivity index (χ1) is 11.6. The van der Waals surface area contributed by atoms with E-state index >= 15 is 0 Å². The number of carbonyl (C=O) groups excluding carboxylic acids is 1. The number of benzene rings is 2. The molecule has 5 nitrogen and oxygen atoms in total. The van der Waals surface area contributed by atoms with Gasteiger partial charge in [0.25, 0.3) is 5.91 Å². The number of methoxy groups -OCH3 is 1. The van der Waals surface area contributed by atoms with Crippen molar-refractivity contribution in [1.82, 2.24) is 4.90 Å². The first kappa shape index (κ1) is 17.8. The van der Waals surface area contributed by atoms with Gasteiger partial charge in [0, 0.05) is 23.5 Å². The van der Waals surface area contributed by atoms with E-state index < -0.39 is 0 Å². The van der Waals surface area contributed by atoms with Crippen molar-refractivity contribution in [2.45, 2.75) is 6.42 Å². The van der Waals surface area contributed by atoms with Crippen LogP contribution in [0.2, 0.25) is 0 Å². The van der Waals surface area contributed by atoms with E-state index in [-0.39, 0.29) is 5.91 Å². The predicted molar refractivity (Wildman–Crippen MR) is 99.0 cm³/mol. The minimum Gasteiger partial charge on any atom is -0.497 e. The quantitative estimate of drug-likeness (QED) is 0.731. The molecule has 0 aliphatic rings. The molecule has 24 heavy (non-hydrogen) atoms. The minimum absolute atomic E-state index is 0.152. The predicted octanol–water partition coefficient (Wildman–Crippen LogP) is 3.31. The highest BCUT2D eigenvalue weighted by Gasteiger charge is 2.07. The average Bonchev–Trinajstić information content (AvgIpc) is 2.60. The van der Waals surface area contributed by atoms with Crippen LogP contribution in [0.1, 0.15) is 16.8 Å². The number of hydrogen-bond acceptors (Lipinski definition) is 4. The standard InChI is InChI=1S/C19H25N3O2/c1-22(2)13-5-12-20-16-8-10-17(11-9-16)21-19(23)15-6-4-7-18(14-15)24-3/h4,6-11,14,20H,5,12-13H2,1-3H3,(H,21,23). The van der Waals surface area contributed by atoms with Gasteiger partial charge in [-0.2, -0.15) is 0 Å². The fraction of sp³-hybridized carbons (Fsp3) is 0.316. The molecule has 2 N–H and O–H groups in total. The van der Waals surface area contributed by atoms with Crippen molar-refractivity contribution in [3.05, 3.63) is 54.1 Å². The Kier molecular flexibility index (Phi) is 6.63. The topological polar surface area (TPSA) is 53.6 Å². The fourth-order valence-corrected chi connectivity index (χ4v) is 2.27. The van der Waals surface area contributed by atoms with Crippen LogP contribution in [0.5, 0.6) is 5.75 Å². The van der Waals surface area contributed by atoms with Crippen molar-refractivity contribution in [1.29, 1.82) is 0 Å². The van der Waals surface area contributed by atoms with Gasteiger partial charge in [0.2, 0.25) is 0 Å². The first-order valence-corrected chi connectivity index (χ1v) is 8.02. The second-order valence-corrected chi connectivity index (χ2v) is 5.85. The molecule has 0 saturated heterocycles. The molecule has 2 rings (SSSR count). The van der Waals surface area contributed by atoms with E-state index in [1.807, 2.05) is 30.3 Å². The zero-order valence-corrected chi connectivity index (χ0v) is 14.5.